The molecule has 2 heterocycles. The molecule has 1 saturated heterocycles. The number of rotatable bonds is 2. The number of nitrogens with zero attached hydrogens (tertiary/aromatic N) is 3. The number of carbonyl (C=O) groups excluding carboxylic acids is 2. The molecule has 0 radical (unpaired) electrons. The molecule has 3 N–H and O–H groups in total. The molecule has 1 aliphatic carbocycles. The highest BCUT2D eigenvalue weighted by Gasteiger charge is 2.47. The van der Waals surface area contributed by atoms with Gasteiger partial charge >= 0.3 is 0 Å². The molecule has 0 unspecified atom stereocenters. The quantitative estimate of drug-likeness (QED) is 0.855. The lowest BCUT2D eigenvalue weighted by Crippen LogP contribution is -2.35. The van der Waals surface area contributed by atoms with E-state index in [1.807, 2.05) is 23.1 Å². The van der Waals surface area contributed by atoms with Crippen molar-refractivity contribution in [3.63, 3.8) is 0 Å². The van der Waals surface area contributed by atoms with Crippen LogP contribution in [0.2, 0.25) is 0 Å². The average molecular weight is 337 g/mol. The van der Waals surface area contributed by atoms with Crippen molar-refractivity contribution in [3.8, 4) is 0 Å². The van der Waals surface area contributed by atoms with Crippen molar-refractivity contribution >= 4 is 17.6 Å². The second kappa shape index (κ2) is 5.84. The van der Waals surface area contributed by atoms with Gasteiger partial charge in [0.1, 0.15) is 0 Å². The van der Waals surface area contributed by atoms with Gasteiger partial charge in [0.2, 0.25) is 5.91 Å². The van der Waals surface area contributed by atoms with Crippen molar-refractivity contribution in [1.82, 2.24) is 20.2 Å². The normalized spacial score (nSPS) is 23.9. The van der Waals surface area contributed by atoms with Gasteiger partial charge in [-0.1, -0.05) is 24.3 Å². The molecule has 1 aliphatic heterocycles. The molecule has 0 bridgehead atoms. The van der Waals surface area contributed by atoms with Crippen molar-refractivity contribution < 1.29 is 9.59 Å². The minimum Gasteiger partial charge on any atom is -0.382 e. The van der Waals surface area contributed by atoms with Gasteiger partial charge in [0.15, 0.2) is 11.5 Å². The third-order valence-corrected chi connectivity index (χ3v) is 5.20. The summed E-state index contributed by atoms with van der Waals surface area (Å²) in [4.78, 5) is 34.3. The molecule has 2 aromatic rings. The van der Waals surface area contributed by atoms with E-state index in [1.54, 1.807) is 6.92 Å². The number of amides is 2. The van der Waals surface area contributed by atoms with Gasteiger partial charge in [0, 0.05) is 44.2 Å². The van der Waals surface area contributed by atoms with Crippen LogP contribution in [0.5, 0.6) is 0 Å². The molecule has 4 rings (SSSR count). The summed E-state index contributed by atoms with van der Waals surface area (Å²) in [6.07, 6.45) is 2.90. The zero-order chi connectivity index (χ0) is 17.6. The standard InChI is InChI=1S/C18H19N5O2/c1-10(24)23-8-13-11-4-2-3-5-12(11)15(14(13)9-23)22-18(25)16-17(19)21-7-6-20-16/h2-7,13-15H,8-9H2,1H3,(H2,19,21)(H,22,25)/t13-,14-,15-/m0/s1. The van der Waals surface area contributed by atoms with E-state index in [2.05, 4.69) is 21.4 Å². The minimum atomic E-state index is -0.340. The summed E-state index contributed by atoms with van der Waals surface area (Å²) < 4.78 is 0. The van der Waals surface area contributed by atoms with E-state index in [9.17, 15) is 9.59 Å². The number of anilines is 1. The maximum absolute atomic E-state index is 12.7. The van der Waals surface area contributed by atoms with Gasteiger partial charge in [-0.25, -0.2) is 9.97 Å². The van der Waals surface area contributed by atoms with Crippen LogP contribution in [0.4, 0.5) is 5.82 Å². The zero-order valence-electron chi connectivity index (χ0n) is 13.8. The first kappa shape index (κ1) is 15.6. The van der Waals surface area contributed by atoms with Crippen LogP contribution < -0.4 is 11.1 Å². The molecule has 7 heteroatoms. The highest BCUT2D eigenvalue weighted by atomic mass is 16.2. The fraction of sp³-hybridized carbons (Fsp3) is 0.333. The van der Waals surface area contributed by atoms with Crippen molar-refractivity contribution in [2.45, 2.75) is 18.9 Å². The molecule has 2 aliphatic rings. The Kier molecular flexibility index (Phi) is 3.63. The highest BCUT2D eigenvalue weighted by Crippen LogP contribution is 2.49. The number of nitrogens with one attached hydrogen (secondary N) is 1. The number of aromatic nitrogens is 2. The number of likely N-dealkylation sites (tertiary alicyclic amines) is 1. The second-order valence-electron chi connectivity index (χ2n) is 6.56. The predicted molar refractivity (Wildman–Crippen MR) is 91.6 cm³/mol. The Labute approximate surface area is 145 Å². The maximum Gasteiger partial charge on any atom is 0.274 e. The lowest BCUT2D eigenvalue weighted by Gasteiger charge is -2.22. The summed E-state index contributed by atoms with van der Waals surface area (Å²) in [5.41, 5.74) is 8.21. The zero-order valence-corrected chi connectivity index (χ0v) is 13.8. The van der Waals surface area contributed by atoms with E-state index in [4.69, 9.17) is 5.73 Å². The molecule has 128 valence electrons. The lowest BCUT2D eigenvalue weighted by atomic mass is 9.94. The Bertz CT molecular complexity index is 853. The van der Waals surface area contributed by atoms with E-state index < -0.39 is 0 Å². The van der Waals surface area contributed by atoms with Gasteiger partial charge in [0.05, 0.1) is 6.04 Å². The van der Waals surface area contributed by atoms with Gasteiger partial charge in [-0.2, -0.15) is 0 Å². The molecular formula is C18H19N5O2. The summed E-state index contributed by atoms with van der Waals surface area (Å²) in [5.74, 6) is 0.231. The summed E-state index contributed by atoms with van der Waals surface area (Å²) in [6.45, 7) is 2.91. The van der Waals surface area contributed by atoms with Crippen LogP contribution >= 0.6 is 0 Å². The Morgan fingerprint density at radius 3 is 2.60 bits per heavy atom. The maximum atomic E-state index is 12.7. The number of hydrogen-bond donors (Lipinski definition) is 2. The summed E-state index contributed by atoms with van der Waals surface area (Å²) in [5, 5.41) is 3.06. The fourth-order valence-electron chi connectivity index (χ4n) is 4.03. The molecular weight excluding hydrogens is 318 g/mol. The molecule has 7 nitrogen and oxygen atoms in total. The number of fused-ring (bicyclic) bond motifs is 3. The first-order valence-electron chi connectivity index (χ1n) is 8.28. The van der Waals surface area contributed by atoms with Crippen LogP contribution in [-0.4, -0.2) is 39.8 Å². The Balaban J connectivity index is 1.65. The van der Waals surface area contributed by atoms with Crippen molar-refractivity contribution in [2.75, 3.05) is 18.8 Å². The molecule has 0 spiro atoms. The van der Waals surface area contributed by atoms with Gasteiger partial charge in [-0.05, 0) is 11.1 Å². The number of nitrogens with two attached hydrogens (primary N) is 1. The van der Waals surface area contributed by atoms with Gasteiger partial charge in [-0.3, -0.25) is 9.59 Å². The van der Waals surface area contributed by atoms with Gasteiger partial charge in [0.25, 0.3) is 5.91 Å². The van der Waals surface area contributed by atoms with E-state index in [-0.39, 0.29) is 41.2 Å². The van der Waals surface area contributed by atoms with E-state index in [1.165, 1.54) is 18.0 Å². The third kappa shape index (κ3) is 2.52. The topological polar surface area (TPSA) is 101 Å². The van der Waals surface area contributed by atoms with Crippen molar-refractivity contribution in [2.24, 2.45) is 5.92 Å². The molecule has 1 aromatic heterocycles. The largest absolute Gasteiger partial charge is 0.382 e. The molecule has 25 heavy (non-hydrogen) atoms. The van der Waals surface area contributed by atoms with Crippen LogP contribution in [-0.2, 0) is 4.79 Å². The monoisotopic (exact) mass is 337 g/mol. The average Bonchev–Trinajstić information content (AvgIpc) is 3.15. The summed E-state index contributed by atoms with van der Waals surface area (Å²) in [7, 11) is 0. The summed E-state index contributed by atoms with van der Waals surface area (Å²) in [6, 6.07) is 7.92. The fourth-order valence-corrected chi connectivity index (χ4v) is 4.03. The van der Waals surface area contributed by atoms with Crippen molar-refractivity contribution in [1.29, 1.82) is 0 Å². The third-order valence-electron chi connectivity index (χ3n) is 5.20. The Hall–Kier alpha value is -2.96. The molecule has 1 aromatic carbocycles. The molecule has 2 amide bonds. The van der Waals surface area contributed by atoms with Crippen LogP contribution in [0.25, 0.3) is 0 Å². The van der Waals surface area contributed by atoms with Crippen LogP contribution in [0.15, 0.2) is 36.7 Å². The number of hydrogen-bond acceptors (Lipinski definition) is 5. The Morgan fingerprint density at radius 1 is 1.16 bits per heavy atom. The van der Waals surface area contributed by atoms with Crippen molar-refractivity contribution in [3.05, 3.63) is 53.5 Å². The number of benzene rings is 1. The van der Waals surface area contributed by atoms with E-state index in [0.717, 1.165) is 5.56 Å². The Morgan fingerprint density at radius 2 is 1.88 bits per heavy atom. The number of carbonyl (C=O) groups is 2. The smallest absolute Gasteiger partial charge is 0.274 e. The number of nitrogen functional groups attached to an aromatic ring is 1. The molecule has 3 atom stereocenters. The molecule has 0 saturated carbocycles. The van der Waals surface area contributed by atoms with Gasteiger partial charge < -0.3 is 16.0 Å². The predicted octanol–water partition coefficient (Wildman–Crippen LogP) is 1.11. The van der Waals surface area contributed by atoms with Crippen LogP contribution in [0, 0.1) is 5.92 Å². The minimum absolute atomic E-state index is 0.0649. The SMILES string of the molecule is CC(=O)N1C[C@H]2[C@@H](C1)c1ccccc1[C@@H]2NC(=O)c1nccnc1N. The summed E-state index contributed by atoms with van der Waals surface area (Å²) >= 11 is 0. The van der Waals surface area contributed by atoms with Gasteiger partial charge in [-0.15, -0.1) is 0 Å². The van der Waals surface area contributed by atoms with Crippen LogP contribution in [0.1, 0.15) is 40.5 Å². The first-order valence-corrected chi connectivity index (χ1v) is 8.28. The van der Waals surface area contributed by atoms with E-state index in [0.29, 0.717) is 13.1 Å². The van der Waals surface area contributed by atoms with E-state index >= 15 is 0 Å². The lowest BCUT2D eigenvalue weighted by molar-refractivity contribution is -0.128. The molecule has 1 fully saturated rings. The first-order chi connectivity index (χ1) is 12.1. The second-order valence-corrected chi connectivity index (χ2v) is 6.56. The highest BCUT2D eigenvalue weighted by molar-refractivity contribution is 5.96. The van der Waals surface area contributed by atoms with Crippen LogP contribution in [0.3, 0.4) is 0 Å².